The van der Waals surface area contributed by atoms with Crippen molar-refractivity contribution >= 4 is 34.4 Å². The van der Waals surface area contributed by atoms with Gasteiger partial charge in [-0.15, -0.1) is 0 Å². The van der Waals surface area contributed by atoms with Gasteiger partial charge in [0.2, 0.25) is 0 Å². The molecule has 0 saturated heterocycles. The molecular formula is C18H19O4P. The third-order valence-electron chi connectivity index (χ3n) is 4.06. The van der Waals surface area contributed by atoms with Gasteiger partial charge < -0.3 is 14.5 Å². The second-order valence-electron chi connectivity index (χ2n) is 5.68. The molecule has 0 aromatic heterocycles. The van der Waals surface area contributed by atoms with Crippen molar-refractivity contribution in [1.82, 2.24) is 0 Å². The normalized spacial score (nSPS) is 13.4. The van der Waals surface area contributed by atoms with Gasteiger partial charge in [0.05, 0.1) is 6.10 Å². The van der Waals surface area contributed by atoms with Crippen molar-refractivity contribution in [3.8, 4) is 5.75 Å². The van der Waals surface area contributed by atoms with Gasteiger partial charge >= 0.3 is 7.60 Å². The topological polar surface area (TPSA) is 66.8 Å². The molecule has 0 amide bonds. The molecule has 0 heterocycles. The van der Waals surface area contributed by atoms with E-state index in [1.165, 1.54) is 6.07 Å². The molecule has 5 heteroatoms. The van der Waals surface area contributed by atoms with E-state index in [1.54, 1.807) is 6.07 Å². The maximum Gasteiger partial charge on any atom is 0.359 e. The highest BCUT2D eigenvalue weighted by Crippen LogP contribution is 2.42. The van der Waals surface area contributed by atoms with E-state index in [-0.39, 0.29) is 17.2 Å². The molecule has 1 unspecified atom stereocenters. The van der Waals surface area contributed by atoms with Crippen molar-refractivity contribution in [2.45, 2.75) is 26.4 Å². The summed E-state index contributed by atoms with van der Waals surface area (Å²) in [5, 5.41) is 3.72. The number of hydrogen-bond acceptors (Lipinski definition) is 2. The van der Waals surface area contributed by atoms with Crippen molar-refractivity contribution in [2.24, 2.45) is 0 Å². The van der Waals surface area contributed by atoms with Crippen LogP contribution in [0.15, 0.2) is 48.5 Å². The van der Waals surface area contributed by atoms with E-state index in [2.05, 4.69) is 0 Å². The monoisotopic (exact) mass is 330 g/mol. The summed E-state index contributed by atoms with van der Waals surface area (Å²) in [6, 6.07) is 15.0. The molecule has 2 N–H and O–H groups in total. The van der Waals surface area contributed by atoms with Gasteiger partial charge in [-0.25, -0.2) is 0 Å². The molecule has 4 nitrogen and oxygen atoms in total. The highest BCUT2D eigenvalue weighted by atomic mass is 31.2. The fourth-order valence-electron chi connectivity index (χ4n) is 2.69. The van der Waals surface area contributed by atoms with Gasteiger partial charge in [-0.05, 0) is 41.6 Å². The first kappa shape index (κ1) is 16.0. The molecule has 0 saturated carbocycles. The Morgan fingerprint density at radius 2 is 1.70 bits per heavy atom. The van der Waals surface area contributed by atoms with Crippen LogP contribution in [0.4, 0.5) is 0 Å². The van der Waals surface area contributed by atoms with Crippen molar-refractivity contribution < 1.29 is 19.1 Å². The van der Waals surface area contributed by atoms with Crippen LogP contribution in [0.2, 0.25) is 0 Å². The third kappa shape index (κ3) is 2.98. The zero-order valence-corrected chi connectivity index (χ0v) is 14.0. The zero-order chi connectivity index (χ0) is 16.6. The van der Waals surface area contributed by atoms with E-state index < -0.39 is 7.60 Å². The van der Waals surface area contributed by atoms with Crippen LogP contribution in [0, 0.1) is 0 Å². The first-order chi connectivity index (χ1) is 10.9. The maximum atomic E-state index is 11.8. The van der Waals surface area contributed by atoms with Gasteiger partial charge in [0.1, 0.15) is 11.1 Å². The Bertz CT molecular complexity index is 913. The molecule has 1 atom stereocenters. The number of rotatable bonds is 4. The van der Waals surface area contributed by atoms with E-state index in [0.717, 1.165) is 28.0 Å². The highest BCUT2D eigenvalue weighted by Gasteiger charge is 2.25. The lowest BCUT2D eigenvalue weighted by atomic mass is 10.0. The van der Waals surface area contributed by atoms with Crippen LogP contribution >= 0.6 is 7.60 Å². The van der Waals surface area contributed by atoms with Gasteiger partial charge in [0.15, 0.2) is 0 Å². The Morgan fingerprint density at radius 1 is 1.00 bits per heavy atom. The second-order valence-corrected chi connectivity index (χ2v) is 7.25. The van der Waals surface area contributed by atoms with Crippen LogP contribution in [-0.4, -0.2) is 15.9 Å². The Morgan fingerprint density at radius 3 is 2.39 bits per heavy atom. The highest BCUT2D eigenvalue weighted by molar-refractivity contribution is 7.60. The Labute approximate surface area is 134 Å². The fourth-order valence-corrected chi connectivity index (χ4v) is 3.39. The summed E-state index contributed by atoms with van der Waals surface area (Å²) in [6.07, 6.45) is 0.627. The Hall–Kier alpha value is -1.87. The molecule has 0 aliphatic rings. The molecule has 0 aliphatic carbocycles. The van der Waals surface area contributed by atoms with Gasteiger partial charge in [0.25, 0.3) is 0 Å². The Balaban J connectivity index is 2.36. The summed E-state index contributed by atoms with van der Waals surface area (Å²) in [4.78, 5) is 19.3. The van der Waals surface area contributed by atoms with Crippen LogP contribution < -0.4 is 10.0 Å². The molecular weight excluding hydrogens is 311 g/mol. The van der Waals surface area contributed by atoms with Gasteiger partial charge in [0, 0.05) is 5.39 Å². The van der Waals surface area contributed by atoms with Crippen LogP contribution in [0.3, 0.4) is 0 Å². The lowest BCUT2D eigenvalue weighted by Crippen LogP contribution is -2.17. The summed E-state index contributed by atoms with van der Waals surface area (Å²) in [5.74, 6) is 0.288. The molecule has 0 aliphatic heterocycles. The van der Waals surface area contributed by atoms with Gasteiger partial charge in [-0.2, -0.15) is 0 Å². The predicted molar refractivity (Wildman–Crippen MR) is 93.5 cm³/mol. The summed E-state index contributed by atoms with van der Waals surface area (Å²) < 4.78 is 17.7. The standard InChI is InChI=1S/C18H19O4P/c1-3-12(2)22-18-16-9-8-13-6-4-5-7-14(13)15(16)10-11-17(18)23(19,20)21/h4-12H,3H2,1-2H3,(H2,19,20,21). The first-order valence-corrected chi connectivity index (χ1v) is 9.20. The average molecular weight is 330 g/mol. The smallest absolute Gasteiger partial charge is 0.359 e. The lowest BCUT2D eigenvalue weighted by molar-refractivity contribution is 0.221. The molecule has 0 spiro atoms. The molecule has 23 heavy (non-hydrogen) atoms. The molecule has 0 radical (unpaired) electrons. The van der Waals surface area contributed by atoms with Crippen LogP contribution in [-0.2, 0) is 4.57 Å². The lowest BCUT2D eigenvalue weighted by Gasteiger charge is -2.19. The largest absolute Gasteiger partial charge is 0.489 e. The van der Waals surface area contributed by atoms with E-state index in [0.29, 0.717) is 0 Å². The van der Waals surface area contributed by atoms with Crippen LogP contribution in [0.25, 0.3) is 21.5 Å². The zero-order valence-electron chi connectivity index (χ0n) is 13.1. The molecule has 0 bridgehead atoms. The molecule has 3 aromatic rings. The number of fused-ring (bicyclic) bond motifs is 3. The SMILES string of the molecule is CCC(C)Oc1c(P(=O)(O)O)ccc2c1ccc1ccccc12. The third-order valence-corrected chi connectivity index (χ3v) is 5.04. The van der Waals surface area contributed by atoms with Gasteiger partial charge in [-0.3, -0.25) is 4.57 Å². The molecule has 3 rings (SSSR count). The number of ether oxygens (including phenoxy) is 1. The van der Waals surface area contributed by atoms with E-state index in [4.69, 9.17) is 4.74 Å². The summed E-state index contributed by atoms with van der Waals surface area (Å²) in [7, 11) is -4.41. The molecule has 120 valence electrons. The van der Waals surface area contributed by atoms with Crippen LogP contribution in [0.1, 0.15) is 20.3 Å². The predicted octanol–water partition coefficient (Wildman–Crippen LogP) is 3.97. The van der Waals surface area contributed by atoms with E-state index in [1.807, 2.05) is 50.2 Å². The summed E-state index contributed by atoms with van der Waals surface area (Å²) in [6.45, 7) is 3.87. The number of hydrogen-bond donors (Lipinski definition) is 2. The minimum Gasteiger partial charge on any atom is -0.489 e. The molecule has 0 fully saturated rings. The summed E-state index contributed by atoms with van der Waals surface area (Å²) in [5.41, 5.74) is 0. The second kappa shape index (κ2) is 5.97. The quantitative estimate of drug-likeness (QED) is 0.561. The van der Waals surface area contributed by atoms with Crippen molar-refractivity contribution in [1.29, 1.82) is 0 Å². The molecule has 3 aromatic carbocycles. The number of benzene rings is 3. The van der Waals surface area contributed by atoms with E-state index in [9.17, 15) is 14.4 Å². The van der Waals surface area contributed by atoms with Crippen LogP contribution in [0.5, 0.6) is 5.75 Å². The van der Waals surface area contributed by atoms with Crippen molar-refractivity contribution in [3.63, 3.8) is 0 Å². The minimum absolute atomic E-state index is 0.0550. The van der Waals surface area contributed by atoms with Gasteiger partial charge in [-0.1, -0.05) is 43.3 Å². The van der Waals surface area contributed by atoms with Crippen molar-refractivity contribution in [2.75, 3.05) is 0 Å². The average Bonchev–Trinajstić information content (AvgIpc) is 2.53. The Kier molecular flexibility index (Phi) is 4.15. The summed E-state index contributed by atoms with van der Waals surface area (Å²) >= 11 is 0. The van der Waals surface area contributed by atoms with E-state index >= 15 is 0 Å². The van der Waals surface area contributed by atoms with Crippen molar-refractivity contribution in [3.05, 3.63) is 48.5 Å². The fraction of sp³-hybridized carbons (Fsp3) is 0.222. The first-order valence-electron chi connectivity index (χ1n) is 7.59. The minimum atomic E-state index is -4.41. The maximum absolute atomic E-state index is 11.8.